The van der Waals surface area contributed by atoms with Crippen molar-refractivity contribution in [2.45, 2.75) is 32.6 Å². The Morgan fingerprint density at radius 3 is 2.89 bits per heavy atom. The Morgan fingerprint density at radius 1 is 1.47 bits per heavy atom. The average molecular weight is 285 g/mol. The summed E-state index contributed by atoms with van der Waals surface area (Å²) >= 11 is 5.88. The van der Waals surface area contributed by atoms with E-state index in [2.05, 4.69) is 6.92 Å². The van der Waals surface area contributed by atoms with Crippen LogP contribution in [0.1, 0.15) is 31.7 Å². The molecule has 0 saturated heterocycles. The molecule has 1 saturated carbocycles. The fourth-order valence-electron chi connectivity index (χ4n) is 3.03. The van der Waals surface area contributed by atoms with Crippen LogP contribution in [-0.4, -0.2) is 11.1 Å². The molecule has 0 spiro atoms. The van der Waals surface area contributed by atoms with Crippen LogP contribution in [0.5, 0.6) is 0 Å². The van der Waals surface area contributed by atoms with Crippen molar-refractivity contribution in [1.29, 1.82) is 0 Å². The molecule has 0 heterocycles. The first kappa shape index (κ1) is 14.3. The number of benzene rings is 1. The number of hydrogen-bond donors (Lipinski definition) is 1. The smallest absolute Gasteiger partial charge is 0.306 e. The largest absolute Gasteiger partial charge is 0.481 e. The molecule has 104 valence electrons. The second-order valence-electron chi connectivity index (χ2n) is 5.56. The number of rotatable bonds is 3. The summed E-state index contributed by atoms with van der Waals surface area (Å²) < 4.78 is 13.7. The van der Waals surface area contributed by atoms with Crippen molar-refractivity contribution in [3.8, 4) is 0 Å². The zero-order chi connectivity index (χ0) is 14.0. The van der Waals surface area contributed by atoms with Gasteiger partial charge in [0.1, 0.15) is 5.82 Å². The summed E-state index contributed by atoms with van der Waals surface area (Å²) in [6.07, 6.45) is 2.91. The van der Waals surface area contributed by atoms with Gasteiger partial charge in [-0.3, -0.25) is 4.79 Å². The number of carbonyl (C=O) groups is 1. The van der Waals surface area contributed by atoms with Crippen LogP contribution >= 0.6 is 11.6 Å². The molecule has 19 heavy (non-hydrogen) atoms. The van der Waals surface area contributed by atoms with Crippen molar-refractivity contribution in [3.63, 3.8) is 0 Å². The Kier molecular flexibility index (Phi) is 4.46. The van der Waals surface area contributed by atoms with E-state index in [1.807, 2.05) is 0 Å². The van der Waals surface area contributed by atoms with Gasteiger partial charge in [-0.2, -0.15) is 0 Å². The van der Waals surface area contributed by atoms with E-state index < -0.39 is 5.97 Å². The van der Waals surface area contributed by atoms with E-state index in [9.17, 15) is 14.3 Å². The van der Waals surface area contributed by atoms with Crippen LogP contribution in [0.4, 0.5) is 4.39 Å². The third-order valence-corrected chi connectivity index (χ3v) is 4.29. The minimum Gasteiger partial charge on any atom is -0.481 e. The fourth-order valence-corrected chi connectivity index (χ4v) is 3.23. The van der Waals surface area contributed by atoms with E-state index in [4.69, 9.17) is 11.6 Å². The summed E-state index contributed by atoms with van der Waals surface area (Å²) in [5.74, 6) is -0.933. The Labute approximate surface area is 117 Å². The molecule has 2 rings (SSSR count). The predicted molar refractivity (Wildman–Crippen MR) is 72.7 cm³/mol. The van der Waals surface area contributed by atoms with Crippen molar-refractivity contribution in [1.82, 2.24) is 0 Å². The Balaban J connectivity index is 2.18. The van der Waals surface area contributed by atoms with Gasteiger partial charge in [-0.1, -0.05) is 18.5 Å². The second-order valence-corrected chi connectivity index (χ2v) is 6.00. The first-order chi connectivity index (χ1) is 8.97. The summed E-state index contributed by atoms with van der Waals surface area (Å²) in [6.45, 7) is 2.12. The van der Waals surface area contributed by atoms with Crippen molar-refractivity contribution in [2.75, 3.05) is 0 Å². The van der Waals surface area contributed by atoms with Gasteiger partial charge >= 0.3 is 5.97 Å². The van der Waals surface area contributed by atoms with Gasteiger partial charge in [-0.05, 0) is 61.3 Å². The minimum absolute atomic E-state index is 0.00535. The predicted octanol–water partition coefficient (Wildman–Crippen LogP) is 4.16. The van der Waals surface area contributed by atoms with Crippen molar-refractivity contribution in [2.24, 2.45) is 17.8 Å². The average Bonchev–Trinajstić information content (AvgIpc) is 2.33. The summed E-state index contributed by atoms with van der Waals surface area (Å²) in [7, 11) is 0. The molecule has 4 heteroatoms. The van der Waals surface area contributed by atoms with Crippen LogP contribution in [0.15, 0.2) is 18.2 Å². The Bertz CT molecular complexity index is 475. The highest BCUT2D eigenvalue weighted by Gasteiger charge is 2.33. The normalized spacial score (nSPS) is 27.2. The lowest BCUT2D eigenvalue weighted by atomic mass is 9.72. The van der Waals surface area contributed by atoms with Crippen LogP contribution in [0, 0.1) is 23.6 Å². The molecule has 1 fully saturated rings. The van der Waals surface area contributed by atoms with Gasteiger partial charge in [-0.15, -0.1) is 0 Å². The molecule has 3 unspecified atom stereocenters. The third-order valence-electron chi connectivity index (χ3n) is 4.05. The summed E-state index contributed by atoms with van der Waals surface area (Å²) in [5.41, 5.74) is 0.526. The highest BCUT2D eigenvalue weighted by atomic mass is 35.5. The van der Waals surface area contributed by atoms with Gasteiger partial charge in [0.15, 0.2) is 0 Å². The Morgan fingerprint density at radius 2 is 2.21 bits per heavy atom. The van der Waals surface area contributed by atoms with Gasteiger partial charge < -0.3 is 5.11 Å². The SMILES string of the molecule is CC1CCC(C(=O)O)C(Cc2cc(Cl)ccc2F)C1. The second kappa shape index (κ2) is 5.91. The van der Waals surface area contributed by atoms with Gasteiger partial charge in [0.25, 0.3) is 0 Å². The van der Waals surface area contributed by atoms with Crippen LogP contribution in [0.25, 0.3) is 0 Å². The zero-order valence-electron chi connectivity index (χ0n) is 10.9. The number of hydrogen-bond acceptors (Lipinski definition) is 1. The summed E-state index contributed by atoms with van der Waals surface area (Å²) in [5, 5.41) is 9.77. The summed E-state index contributed by atoms with van der Waals surface area (Å²) in [4.78, 5) is 11.3. The van der Waals surface area contributed by atoms with E-state index >= 15 is 0 Å². The van der Waals surface area contributed by atoms with Crippen molar-refractivity contribution < 1.29 is 14.3 Å². The first-order valence-corrected chi connectivity index (χ1v) is 7.02. The lowest BCUT2D eigenvalue weighted by molar-refractivity contribution is -0.145. The van der Waals surface area contributed by atoms with Gasteiger partial charge in [0.05, 0.1) is 5.92 Å². The van der Waals surface area contributed by atoms with Crippen molar-refractivity contribution in [3.05, 3.63) is 34.6 Å². The molecule has 0 bridgehead atoms. The van der Waals surface area contributed by atoms with Gasteiger partial charge in [-0.25, -0.2) is 4.39 Å². The molecule has 2 nitrogen and oxygen atoms in total. The molecular formula is C15H18ClFO2. The zero-order valence-corrected chi connectivity index (χ0v) is 11.7. The van der Waals surface area contributed by atoms with Gasteiger partial charge in [0.2, 0.25) is 0 Å². The quantitative estimate of drug-likeness (QED) is 0.905. The Hall–Kier alpha value is -1.09. The van der Waals surface area contributed by atoms with Crippen LogP contribution in [0.3, 0.4) is 0 Å². The number of carboxylic acid groups (broad SMARTS) is 1. The van der Waals surface area contributed by atoms with Crippen LogP contribution in [-0.2, 0) is 11.2 Å². The highest BCUT2D eigenvalue weighted by molar-refractivity contribution is 6.30. The fraction of sp³-hybridized carbons (Fsp3) is 0.533. The molecule has 1 aromatic rings. The number of carboxylic acids is 1. The van der Waals surface area contributed by atoms with E-state index in [1.165, 1.54) is 12.1 Å². The first-order valence-electron chi connectivity index (χ1n) is 6.64. The molecule has 3 atom stereocenters. The molecule has 1 N–H and O–H groups in total. The maximum absolute atomic E-state index is 13.7. The van der Waals surface area contributed by atoms with Crippen molar-refractivity contribution >= 4 is 17.6 Å². The minimum atomic E-state index is -0.765. The van der Waals surface area contributed by atoms with Crippen LogP contribution in [0.2, 0.25) is 5.02 Å². The molecule has 1 aliphatic carbocycles. The van der Waals surface area contributed by atoms with Crippen LogP contribution < -0.4 is 0 Å². The molecular weight excluding hydrogens is 267 g/mol. The maximum atomic E-state index is 13.7. The molecule has 1 aromatic carbocycles. The van der Waals surface area contributed by atoms with Gasteiger partial charge in [0, 0.05) is 5.02 Å². The molecule has 0 amide bonds. The van der Waals surface area contributed by atoms with E-state index in [0.717, 1.165) is 12.8 Å². The molecule has 0 radical (unpaired) electrons. The van der Waals surface area contributed by atoms with E-state index in [-0.39, 0.29) is 17.7 Å². The molecule has 0 aliphatic heterocycles. The van der Waals surface area contributed by atoms with E-state index in [1.54, 1.807) is 6.07 Å². The lowest BCUT2D eigenvalue weighted by Gasteiger charge is -2.32. The van der Waals surface area contributed by atoms with E-state index in [0.29, 0.717) is 29.3 Å². The topological polar surface area (TPSA) is 37.3 Å². The third kappa shape index (κ3) is 3.47. The number of aliphatic carboxylic acids is 1. The molecule has 1 aliphatic rings. The number of halogens is 2. The molecule has 0 aromatic heterocycles. The summed E-state index contributed by atoms with van der Waals surface area (Å²) in [6, 6.07) is 4.47. The standard InChI is InChI=1S/C15H18ClFO2/c1-9-2-4-13(15(18)19)10(6-9)7-11-8-12(16)3-5-14(11)17/h3,5,8-10,13H,2,4,6-7H2,1H3,(H,18,19). The maximum Gasteiger partial charge on any atom is 0.306 e. The highest BCUT2D eigenvalue weighted by Crippen LogP contribution is 2.36. The lowest BCUT2D eigenvalue weighted by Crippen LogP contribution is -2.31. The monoisotopic (exact) mass is 284 g/mol.